The molecule has 0 spiro atoms. The Balaban J connectivity index is 1.59. The zero-order chi connectivity index (χ0) is 17.7. The van der Waals surface area contributed by atoms with Crippen LogP contribution in [0.2, 0.25) is 0 Å². The van der Waals surface area contributed by atoms with Crippen LogP contribution in [0.15, 0.2) is 48.8 Å². The Morgan fingerprint density at radius 2 is 1.88 bits per heavy atom. The molecule has 2 aromatic rings. The number of nitrogens with one attached hydrogen (secondary N) is 1. The maximum atomic E-state index is 12.3. The zero-order valence-electron chi connectivity index (χ0n) is 14.7. The molecule has 1 aromatic heterocycles. The van der Waals surface area contributed by atoms with Crippen LogP contribution >= 0.6 is 0 Å². The highest BCUT2D eigenvalue weighted by atomic mass is 16.3. The van der Waals surface area contributed by atoms with Gasteiger partial charge in [-0.05, 0) is 42.5 Å². The smallest absolute Gasteiger partial charge is 0.223 e. The summed E-state index contributed by atoms with van der Waals surface area (Å²) in [6.45, 7) is 1.97. The van der Waals surface area contributed by atoms with Gasteiger partial charge in [-0.2, -0.15) is 0 Å². The maximum Gasteiger partial charge on any atom is 0.223 e. The van der Waals surface area contributed by atoms with Gasteiger partial charge in [0.2, 0.25) is 5.91 Å². The largest absolute Gasteiger partial charge is 0.389 e. The van der Waals surface area contributed by atoms with Crippen molar-refractivity contribution >= 4 is 5.91 Å². The topological polar surface area (TPSA) is 62.2 Å². The lowest BCUT2D eigenvalue weighted by atomic mass is 9.82. The number of carbonyl (C=O) groups is 1. The monoisotopic (exact) mass is 338 g/mol. The summed E-state index contributed by atoms with van der Waals surface area (Å²) in [5, 5.41) is 13.5. The van der Waals surface area contributed by atoms with Gasteiger partial charge in [-0.3, -0.25) is 9.78 Å². The summed E-state index contributed by atoms with van der Waals surface area (Å²) in [5.74, 6) is -0.0757. The second-order valence-electron chi connectivity index (χ2n) is 7.11. The van der Waals surface area contributed by atoms with Crippen molar-refractivity contribution in [3.05, 3.63) is 54.4 Å². The van der Waals surface area contributed by atoms with E-state index in [0.717, 1.165) is 48.8 Å². The lowest BCUT2D eigenvalue weighted by Crippen LogP contribution is -2.39. The number of pyridine rings is 1. The highest BCUT2D eigenvalue weighted by Crippen LogP contribution is 2.31. The van der Waals surface area contributed by atoms with E-state index in [0.29, 0.717) is 0 Å². The fourth-order valence-corrected chi connectivity index (χ4v) is 3.56. The highest BCUT2D eigenvalue weighted by molar-refractivity contribution is 5.77. The van der Waals surface area contributed by atoms with Crippen LogP contribution in [0.1, 0.15) is 57.1 Å². The van der Waals surface area contributed by atoms with Gasteiger partial charge in [0.1, 0.15) is 0 Å². The second-order valence-corrected chi connectivity index (χ2v) is 7.11. The number of benzene rings is 1. The van der Waals surface area contributed by atoms with Gasteiger partial charge in [-0.25, -0.2) is 0 Å². The number of carbonyl (C=O) groups excluding carboxylic acids is 1. The first kappa shape index (κ1) is 17.6. The zero-order valence-corrected chi connectivity index (χ0v) is 14.7. The van der Waals surface area contributed by atoms with Gasteiger partial charge >= 0.3 is 0 Å². The minimum atomic E-state index is -0.813. The Morgan fingerprint density at radius 3 is 2.52 bits per heavy atom. The van der Waals surface area contributed by atoms with E-state index in [1.807, 2.05) is 49.5 Å². The van der Waals surface area contributed by atoms with Crippen LogP contribution in [0.5, 0.6) is 0 Å². The summed E-state index contributed by atoms with van der Waals surface area (Å²) in [5.41, 5.74) is 2.42. The third-order valence-electron chi connectivity index (χ3n) is 5.06. The van der Waals surface area contributed by atoms with Gasteiger partial charge in [0.25, 0.3) is 0 Å². The number of aromatic nitrogens is 1. The van der Waals surface area contributed by atoms with E-state index in [4.69, 9.17) is 0 Å². The van der Waals surface area contributed by atoms with Crippen molar-refractivity contribution in [2.24, 2.45) is 0 Å². The van der Waals surface area contributed by atoms with Crippen molar-refractivity contribution in [2.45, 2.75) is 57.1 Å². The van der Waals surface area contributed by atoms with Crippen molar-refractivity contribution in [1.29, 1.82) is 0 Å². The number of amides is 1. The van der Waals surface area contributed by atoms with E-state index in [9.17, 15) is 9.90 Å². The quantitative estimate of drug-likeness (QED) is 0.866. The third-order valence-corrected chi connectivity index (χ3v) is 5.06. The minimum Gasteiger partial charge on any atom is -0.389 e. The van der Waals surface area contributed by atoms with Crippen LogP contribution in [0.25, 0.3) is 11.1 Å². The maximum absolute atomic E-state index is 12.3. The molecule has 2 N–H and O–H groups in total. The SMILES string of the molecule is CC(NC(=O)CC1(O)CCCCC1)c1ccc(-c2cccnc2)cc1. The normalized spacial score (nSPS) is 17.7. The molecule has 1 aliphatic carbocycles. The molecule has 0 aliphatic heterocycles. The van der Waals surface area contributed by atoms with E-state index in [-0.39, 0.29) is 18.4 Å². The second kappa shape index (κ2) is 7.79. The standard InChI is InChI=1S/C21H26N2O2/c1-16(23-20(24)14-21(25)11-3-2-4-12-21)17-7-9-18(10-8-17)19-6-5-13-22-15-19/h5-10,13,15-16,25H,2-4,11-12,14H2,1H3,(H,23,24). The molecule has 1 atom stereocenters. The Labute approximate surface area is 149 Å². The molecule has 25 heavy (non-hydrogen) atoms. The number of nitrogens with zero attached hydrogens (tertiary/aromatic N) is 1. The van der Waals surface area contributed by atoms with Crippen molar-refractivity contribution in [1.82, 2.24) is 10.3 Å². The van der Waals surface area contributed by atoms with E-state index in [1.165, 1.54) is 0 Å². The first-order chi connectivity index (χ1) is 12.1. The molecule has 1 aromatic carbocycles. The van der Waals surface area contributed by atoms with Gasteiger partial charge < -0.3 is 10.4 Å². The summed E-state index contributed by atoms with van der Waals surface area (Å²) >= 11 is 0. The van der Waals surface area contributed by atoms with Crippen LogP contribution in [0.3, 0.4) is 0 Å². The molecule has 4 nitrogen and oxygen atoms in total. The first-order valence-corrected chi connectivity index (χ1v) is 9.08. The van der Waals surface area contributed by atoms with Crippen LogP contribution in [0.4, 0.5) is 0 Å². The number of hydrogen-bond donors (Lipinski definition) is 2. The molecule has 1 saturated carbocycles. The molecule has 0 bridgehead atoms. The van der Waals surface area contributed by atoms with Crippen LogP contribution in [0, 0.1) is 0 Å². The molecular formula is C21H26N2O2. The van der Waals surface area contributed by atoms with E-state index in [1.54, 1.807) is 6.20 Å². The van der Waals surface area contributed by atoms with Gasteiger partial charge in [0.05, 0.1) is 18.1 Å². The average Bonchev–Trinajstić information content (AvgIpc) is 2.62. The lowest BCUT2D eigenvalue weighted by molar-refractivity contribution is -0.128. The van der Waals surface area contributed by atoms with Crippen molar-refractivity contribution in [3.8, 4) is 11.1 Å². The summed E-state index contributed by atoms with van der Waals surface area (Å²) in [6.07, 6.45) is 8.43. The molecule has 132 valence electrons. The fraction of sp³-hybridized carbons (Fsp3) is 0.429. The summed E-state index contributed by atoms with van der Waals surface area (Å²) < 4.78 is 0. The highest BCUT2D eigenvalue weighted by Gasteiger charge is 2.31. The molecule has 1 amide bonds. The number of aliphatic hydroxyl groups is 1. The molecule has 1 heterocycles. The Bertz CT molecular complexity index is 692. The molecule has 1 unspecified atom stereocenters. The predicted octanol–water partition coefficient (Wildman–Crippen LogP) is 4.01. The fourth-order valence-electron chi connectivity index (χ4n) is 3.56. The summed E-state index contributed by atoms with van der Waals surface area (Å²) in [6, 6.07) is 12.0. The van der Waals surface area contributed by atoms with Crippen molar-refractivity contribution in [3.63, 3.8) is 0 Å². The van der Waals surface area contributed by atoms with Crippen LogP contribution in [-0.2, 0) is 4.79 Å². The van der Waals surface area contributed by atoms with E-state index in [2.05, 4.69) is 10.3 Å². The summed E-state index contributed by atoms with van der Waals surface area (Å²) in [7, 11) is 0. The molecule has 4 heteroatoms. The third kappa shape index (κ3) is 4.67. The predicted molar refractivity (Wildman–Crippen MR) is 98.9 cm³/mol. The molecular weight excluding hydrogens is 312 g/mol. The van der Waals surface area contributed by atoms with Crippen molar-refractivity contribution in [2.75, 3.05) is 0 Å². The van der Waals surface area contributed by atoms with Gasteiger partial charge in [0.15, 0.2) is 0 Å². The molecule has 3 rings (SSSR count). The van der Waals surface area contributed by atoms with Crippen LogP contribution < -0.4 is 5.32 Å². The first-order valence-electron chi connectivity index (χ1n) is 9.08. The number of hydrogen-bond acceptors (Lipinski definition) is 3. The average molecular weight is 338 g/mol. The molecule has 1 aliphatic rings. The van der Waals surface area contributed by atoms with E-state index >= 15 is 0 Å². The van der Waals surface area contributed by atoms with Gasteiger partial charge in [0, 0.05) is 12.4 Å². The number of rotatable bonds is 5. The summed E-state index contributed by atoms with van der Waals surface area (Å²) in [4.78, 5) is 16.4. The molecule has 1 fully saturated rings. The Morgan fingerprint density at radius 1 is 1.16 bits per heavy atom. The molecule has 0 saturated heterocycles. The van der Waals surface area contributed by atoms with Crippen molar-refractivity contribution < 1.29 is 9.90 Å². The van der Waals surface area contributed by atoms with Crippen LogP contribution in [-0.4, -0.2) is 21.6 Å². The van der Waals surface area contributed by atoms with Gasteiger partial charge in [-0.15, -0.1) is 0 Å². The molecule has 0 radical (unpaired) electrons. The Kier molecular flexibility index (Phi) is 5.49. The Hall–Kier alpha value is -2.20. The van der Waals surface area contributed by atoms with Gasteiger partial charge in [-0.1, -0.05) is 49.6 Å². The minimum absolute atomic E-state index is 0.0757. The van der Waals surface area contributed by atoms with E-state index < -0.39 is 5.60 Å². The lowest BCUT2D eigenvalue weighted by Gasteiger charge is -2.31.